The molecule has 1 aliphatic rings. The number of nitrogen functional groups attached to an aromatic ring is 1. The van der Waals surface area contributed by atoms with Crippen molar-refractivity contribution in [1.82, 2.24) is 20.2 Å². The van der Waals surface area contributed by atoms with Crippen LogP contribution in [-0.2, 0) is 16.3 Å². The van der Waals surface area contributed by atoms with Crippen molar-refractivity contribution in [2.75, 3.05) is 25.4 Å². The van der Waals surface area contributed by atoms with Crippen molar-refractivity contribution in [3.63, 3.8) is 0 Å². The summed E-state index contributed by atoms with van der Waals surface area (Å²) in [5, 5.41) is 2.75. The first-order valence-corrected chi connectivity index (χ1v) is 10.8. The van der Waals surface area contributed by atoms with Crippen LogP contribution in [0.4, 0.5) is 23.8 Å². The van der Waals surface area contributed by atoms with Crippen LogP contribution in [0.25, 0.3) is 0 Å². The fourth-order valence-corrected chi connectivity index (χ4v) is 3.89. The maximum atomic E-state index is 13.4. The van der Waals surface area contributed by atoms with Gasteiger partial charge in [-0.25, -0.2) is 14.8 Å². The fourth-order valence-electron chi connectivity index (χ4n) is 3.89. The number of nitrogens with one attached hydrogen (secondary N) is 1. The summed E-state index contributed by atoms with van der Waals surface area (Å²) in [4.78, 5) is 34.5. The SMILES string of the molecule is CC(C)(C)OC(=O)N1CCC(CNC(=O)c2nccnc2N)(c2cccc(C(F)(F)F)c2)CC1. The molecule has 34 heavy (non-hydrogen) atoms. The lowest BCUT2D eigenvalue weighted by molar-refractivity contribution is -0.137. The van der Waals surface area contributed by atoms with Gasteiger partial charge in [-0.2, -0.15) is 13.2 Å². The summed E-state index contributed by atoms with van der Waals surface area (Å²) in [5.74, 6) is -0.626. The predicted molar refractivity (Wildman–Crippen MR) is 119 cm³/mol. The first-order chi connectivity index (χ1) is 15.8. The first-order valence-electron chi connectivity index (χ1n) is 10.8. The molecule has 2 amide bonds. The third-order valence-electron chi connectivity index (χ3n) is 5.70. The Morgan fingerprint density at radius 2 is 1.79 bits per heavy atom. The molecule has 1 aromatic carbocycles. The lowest BCUT2D eigenvalue weighted by Gasteiger charge is -2.42. The molecule has 1 saturated heterocycles. The lowest BCUT2D eigenvalue weighted by Crippen LogP contribution is -2.51. The normalized spacial score (nSPS) is 16.1. The molecule has 1 fully saturated rings. The summed E-state index contributed by atoms with van der Waals surface area (Å²) in [7, 11) is 0. The van der Waals surface area contributed by atoms with Gasteiger partial charge < -0.3 is 20.7 Å². The molecule has 0 unspecified atom stereocenters. The van der Waals surface area contributed by atoms with Crippen molar-refractivity contribution >= 4 is 17.8 Å². The minimum Gasteiger partial charge on any atom is -0.444 e. The van der Waals surface area contributed by atoms with Crippen molar-refractivity contribution in [3.05, 3.63) is 53.5 Å². The highest BCUT2D eigenvalue weighted by molar-refractivity contribution is 5.96. The van der Waals surface area contributed by atoms with Gasteiger partial charge in [0.15, 0.2) is 11.5 Å². The van der Waals surface area contributed by atoms with Crippen LogP contribution >= 0.6 is 0 Å². The Labute approximate surface area is 195 Å². The standard InChI is InChI=1S/C23H28F3N5O3/c1-21(2,3)34-20(33)31-11-7-22(8-12-31,15-5-4-6-16(13-15)23(24,25)26)14-30-19(32)17-18(27)29-10-9-28-17/h4-6,9-10,13H,7-8,11-12,14H2,1-3H3,(H2,27,29)(H,30,32). The average Bonchev–Trinajstić information content (AvgIpc) is 2.76. The number of ether oxygens (including phenoxy) is 1. The van der Waals surface area contributed by atoms with E-state index in [-0.39, 0.29) is 31.1 Å². The fraction of sp³-hybridized carbons (Fsp3) is 0.478. The Hall–Kier alpha value is -3.37. The molecule has 0 aliphatic carbocycles. The number of aromatic nitrogens is 2. The lowest BCUT2D eigenvalue weighted by atomic mass is 9.72. The number of carbonyl (C=O) groups is 2. The van der Waals surface area contributed by atoms with Gasteiger partial charge in [0.25, 0.3) is 5.91 Å². The van der Waals surface area contributed by atoms with Gasteiger partial charge in [0.05, 0.1) is 5.56 Å². The molecule has 0 bridgehead atoms. The number of benzene rings is 1. The third kappa shape index (κ3) is 5.95. The second-order valence-electron chi connectivity index (χ2n) is 9.30. The van der Waals surface area contributed by atoms with Gasteiger partial charge in [-0.1, -0.05) is 18.2 Å². The van der Waals surface area contributed by atoms with Gasteiger partial charge in [0.1, 0.15) is 5.60 Å². The molecule has 1 aromatic heterocycles. The number of halogens is 3. The number of piperidine rings is 1. The molecule has 3 N–H and O–H groups in total. The van der Waals surface area contributed by atoms with Gasteiger partial charge in [-0.15, -0.1) is 0 Å². The van der Waals surface area contributed by atoms with E-state index < -0.39 is 34.8 Å². The van der Waals surface area contributed by atoms with Crippen molar-refractivity contribution in [2.24, 2.45) is 0 Å². The largest absolute Gasteiger partial charge is 0.444 e. The second-order valence-corrected chi connectivity index (χ2v) is 9.30. The van der Waals surface area contributed by atoms with E-state index in [9.17, 15) is 22.8 Å². The van der Waals surface area contributed by atoms with Crippen molar-refractivity contribution < 1.29 is 27.5 Å². The summed E-state index contributed by atoms with van der Waals surface area (Å²) in [6.45, 7) is 5.83. The van der Waals surface area contributed by atoms with Crippen LogP contribution < -0.4 is 11.1 Å². The molecular formula is C23H28F3N5O3. The Balaban J connectivity index is 1.85. The molecule has 2 aromatic rings. The quantitative estimate of drug-likeness (QED) is 0.691. The highest BCUT2D eigenvalue weighted by Gasteiger charge is 2.40. The summed E-state index contributed by atoms with van der Waals surface area (Å²) in [5.41, 5.74) is 3.81. The van der Waals surface area contributed by atoms with Crippen LogP contribution in [0.15, 0.2) is 36.7 Å². The number of rotatable bonds is 4. The minimum atomic E-state index is -4.51. The third-order valence-corrected chi connectivity index (χ3v) is 5.70. The molecular weight excluding hydrogens is 451 g/mol. The van der Waals surface area contributed by atoms with E-state index in [1.165, 1.54) is 23.4 Å². The maximum Gasteiger partial charge on any atom is 0.416 e. The smallest absolute Gasteiger partial charge is 0.416 e. The Morgan fingerprint density at radius 1 is 1.15 bits per heavy atom. The van der Waals surface area contributed by atoms with E-state index in [2.05, 4.69) is 15.3 Å². The van der Waals surface area contributed by atoms with Crippen LogP contribution in [-0.4, -0.2) is 52.1 Å². The number of hydrogen-bond acceptors (Lipinski definition) is 6. The van der Waals surface area contributed by atoms with Crippen LogP contribution in [0.3, 0.4) is 0 Å². The maximum absolute atomic E-state index is 13.4. The number of amides is 2. The van der Waals surface area contributed by atoms with Gasteiger partial charge in [0.2, 0.25) is 0 Å². The van der Waals surface area contributed by atoms with Gasteiger partial charge in [-0.05, 0) is 45.2 Å². The molecule has 11 heteroatoms. The van der Waals surface area contributed by atoms with E-state index in [0.29, 0.717) is 18.4 Å². The van der Waals surface area contributed by atoms with E-state index in [1.54, 1.807) is 26.8 Å². The van der Waals surface area contributed by atoms with Crippen LogP contribution in [0.1, 0.15) is 55.2 Å². The molecule has 0 radical (unpaired) electrons. The summed E-state index contributed by atoms with van der Waals surface area (Å²) < 4.78 is 45.6. The zero-order valence-electron chi connectivity index (χ0n) is 19.3. The number of nitrogens with zero attached hydrogens (tertiary/aromatic N) is 3. The van der Waals surface area contributed by atoms with Gasteiger partial charge in [0, 0.05) is 37.4 Å². The van der Waals surface area contributed by atoms with Crippen LogP contribution in [0, 0.1) is 0 Å². The zero-order chi connectivity index (χ0) is 25.1. The number of carbonyl (C=O) groups excluding carboxylic acids is 2. The van der Waals surface area contributed by atoms with Crippen molar-refractivity contribution in [3.8, 4) is 0 Å². The molecule has 3 rings (SSSR count). The summed E-state index contributed by atoms with van der Waals surface area (Å²) in [6.07, 6.45) is -1.67. The highest BCUT2D eigenvalue weighted by Crippen LogP contribution is 2.38. The Bertz CT molecular complexity index is 1040. The molecule has 0 saturated carbocycles. The molecule has 2 heterocycles. The first kappa shape index (κ1) is 25.3. The number of alkyl halides is 3. The monoisotopic (exact) mass is 479 g/mol. The average molecular weight is 480 g/mol. The predicted octanol–water partition coefficient (Wildman–Crippen LogP) is 3.78. The second kappa shape index (κ2) is 9.47. The number of nitrogens with two attached hydrogens (primary N) is 1. The van der Waals surface area contributed by atoms with E-state index in [0.717, 1.165) is 12.1 Å². The summed E-state index contributed by atoms with van der Waals surface area (Å²) >= 11 is 0. The number of likely N-dealkylation sites (tertiary alicyclic amines) is 1. The van der Waals surface area contributed by atoms with Gasteiger partial charge in [-0.3, -0.25) is 4.79 Å². The van der Waals surface area contributed by atoms with Gasteiger partial charge >= 0.3 is 12.3 Å². The zero-order valence-corrected chi connectivity index (χ0v) is 19.3. The van der Waals surface area contributed by atoms with Crippen molar-refractivity contribution in [1.29, 1.82) is 0 Å². The van der Waals surface area contributed by atoms with Crippen LogP contribution in [0.2, 0.25) is 0 Å². The topological polar surface area (TPSA) is 110 Å². The summed E-state index contributed by atoms with van der Waals surface area (Å²) in [6, 6.07) is 5.07. The molecule has 0 atom stereocenters. The molecule has 8 nitrogen and oxygen atoms in total. The Kier molecular flexibility index (Phi) is 7.04. The minimum absolute atomic E-state index is 0.0331. The molecule has 1 aliphatic heterocycles. The van der Waals surface area contributed by atoms with E-state index in [1.807, 2.05) is 0 Å². The van der Waals surface area contributed by atoms with Crippen LogP contribution in [0.5, 0.6) is 0 Å². The highest BCUT2D eigenvalue weighted by atomic mass is 19.4. The number of anilines is 1. The molecule has 0 spiro atoms. The van der Waals surface area contributed by atoms with Crippen molar-refractivity contribution in [2.45, 2.75) is 50.8 Å². The van der Waals surface area contributed by atoms with E-state index >= 15 is 0 Å². The molecule has 184 valence electrons. The Morgan fingerprint density at radius 3 is 2.38 bits per heavy atom. The van der Waals surface area contributed by atoms with E-state index in [4.69, 9.17) is 10.5 Å². The number of hydrogen-bond donors (Lipinski definition) is 2.